The zero-order valence-electron chi connectivity index (χ0n) is 10.2. The van der Waals surface area contributed by atoms with E-state index in [1.165, 1.54) is 6.42 Å². The third kappa shape index (κ3) is 2.11. The molecule has 0 N–H and O–H groups in total. The maximum Gasteiger partial charge on any atom is 0.410 e. The SMILES string of the molecule is CC1CC12CCN(C(=O)OC(C)(C)C)C2. The van der Waals surface area contributed by atoms with Crippen LogP contribution in [0.1, 0.15) is 40.5 Å². The molecule has 1 heterocycles. The highest BCUT2D eigenvalue weighted by Crippen LogP contribution is 2.58. The van der Waals surface area contributed by atoms with Crippen LogP contribution in [-0.4, -0.2) is 29.7 Å². The van der Waals surface area contributed by atoms with E-state index in [0.717, 1.165) is 25.4 Å². The van der Waals surface area contributed by atoms with Crippen LogP contribution in [0.5, 0.6) is 0 Å². The van der Waals surface area contributed by atoms with E-state index >= 15 is 0 Å². The van der Waals surface area contributed by atoms with E-state index in [-0.39, 0.29) is 11.7 Å². The van der Waals surface area contributed by atoms with E-state index in [2.05, 4.69) is 6.92 Å². The first-order chi connectivity index (χ1) is 6.82. The molecule has 3 heteroatoms. The van der Waals surface area contributed by atoms with Gasteiger partial charge in [-0.15, -0.1) is 0 Å². The van der Waals surface area contributed by atoms with Crippen LogP contribution >= 0.6 is 0 Å². The van der Waals surface area contributed by atoms with Gasteiger partial charge in [-0.3, -0.25) is 0 Å². The Morgan fingerprint density at radius 1 is 1.47 bits per heavy atom. The average molecular weight is 211 g/mol. The topological polar surface area (TPSA) is 29.5 Å². The van der Waals surface area contributed by atoms with Crippen molar-refractivity contribution in [3.8, 4) is 0 Å². The molecule has 1 amide bonds. The molecule has 1 aliphatic heterocycles. The molecule has 3 nitrogen and oxygen atoms in total. The van der Waals surface area contributed by atoms with Crippen molar-refractivity contribution in [3.05, 3.63) is 0 Å². The highest BCUT2D eigenvalue weighted by Gasteiger charge is 2.55. The second-order valence-electron chi connectivity index (χ2n) is 6.12. The predicted molar refractivity (Wildman–Crippen MR) is 58.6 cm³/mol. The summed E-state index contributed by atoms with van der Waals surface area (Å²) in [4.78, 5) is 13.7. The van der Waals surface area contributed by atoms with E-state index in [1.54, 1.807) is 0 Å². The maximum absolute atomic E-state index is 11.8. The summed E-state index contributed by atoms with van der Waals surface area (Å²) in [5.74, 6) is 0.796. The number of likely N-dealkylation sites (tertiary alicyclic amines) is 1. The van der Waals surface area contributed by atoms with Gasteiger partial charge >= 0.3 is 6.09 Å². The molecule has 2 fully saturated rings. The van der Waals surface area contributed by atoms with Gasteiger partial charge in [-0.25, -0.2) is 4.79 Å². The van der Waals surface area contributed by atoms with E-state index in [1.807, 2.05) is 25.7 Å². The zero-order valence-corrected chi connectivity index (χ0v) is 10.2. The second kappa shape index (κ2) is 3.13. The lowest BCUT2D eigenvalue weighted by molar-refractivity contribution is 0.0284. The summed E-state index contributed by atoms with van der Waals surface area (Å²) in [5, 5.41) is 0. The lowest BCUT2D eigenvalue weighted by atomic mass is 10.0. The molecule has 1 saturated carbocycles. The minimum atomic E-state index is -0.373. The molecule has 0 aromatic heterocycles. The van der Waals surface area contributed by atoms with Gasteiger partial charge in [-0.05, 0) is 44.9 Å². The fraction of sp³-hybridized carbons (Fsp3) is 0.917. The van der Waals surface area contributed by atoms with Crippen molar-refractivity contribution in [2.24, 2.45) is 11.3 Å². The van der Waals surface area contributed by atoms with Gasteiger partial charge in [0.2, 0.25) is 0 Å². The van der Waals surface area contributed by atoms with Crippen molar-refractivity contribution >= 4 is 6.09 Å². The molecule has 2 rings (SSSR count). The highest BCUT2D eigenvalue weighted by molar-refractivity contribution is 5.68. The van der Waals surface area contributed by atoms with Gasteiger partial charge < -0.3 is 9.64 Å². The van der Waals surface area contributed by atoms with Gasteiger partial charge in [0.15, 0.2) is 0 Å². The first-order valence-corrected chi connectivity index (χ1v) is 5.80. The average Bonchev–Trinajstić information content (AvgIpc) is 2.55. The van der Waals surface area contributed by atoms with Crippen LogP contribution in [-0.2, 0) is 4.74 Å². The molecule has 86 valence electrons. The summed E-state index contributed by atoms with van der Waals surface area (Å²) >= 11 is 0. The molecule has 0 radical (unpaired) electrons. The first kappa shape index (κ1) is 10.8. The quantitative estimate of drug-likeness (QED) is 0.616. The molecule has 0 aromatic carbocycles. The van der Waals surface area contributed by atoms with Crippen LogP contribution in [0.2, 0.25) is 0 Å². The summed E-state index contributed by atoms with van der Waals surface area (Å²) in [6, 6.07) is 0. The summed E-state index contributed by atoms with van der Waals surface area (Å²) in [6.07, 6.45) is 2.30. The number of ether oxygens (including phenoxy) is 1. The first-order valence-electron chi connectivity index (χ1n) is 5.80. The second-order valence-corrected chi connectivity index (χ2v) is 6.12. The van der Waals surface area contributed by atoms with Crippen LogP contribution in [0.3, 0.4) is 0 Å². The van der Waals surface area contributed by atoms with E-state index in [9.17, 15) is 4.79 Å². The van der Waals surface area contributed by atoms with Gasteiger partial charge in [0.25, 0.3) is 0 Å². The van der Waals surface area contributed by atoms with Crippen LogP contribution in [0.25, 0.3) is 0 Å². The highest BCUT2D eigenvalue weighted by atomic mass is 16.6. The van der Waals surface area contributed by atoms with Crippen molar-refractivity contribution in [2.75, 3.05) is 13.1 Å². The number of hydrogen-bond donors (Lipinski definition) is 0. The summed E-state index contributed by atoms with van der Waals surface area (Å²) in [6.45, 7) is 9.80. The fourth-order valence-corrected chi connectivity index (χ4v) is 2.50. The van der Waals surface area contributed by atoms with E-state index in [4.69, 9.17) is 4.74 Å². The minimum Gasteiger partial charge on any atom is -0.444 e. The predicted octanol–water partition coefficient (Wildman–Crippen LogP) is 2.65. The van der Waals surface area contributed by atoms with Gasteiger partial charge in [-0.2, -0.15) is 0 Å². The molecule has 2 unspecified atom stereocenters. The standard InChI is InChI=1S/C12H21NO2/c1-9-7-12(9)5-6-13(8-12)10(14)15-11(2,3)4/h9H,5-8H2,1-4H3. The number of amides is 1. The van der Waals surface area contributed by atoms with Crippen molar-refractivity contribution < 1.29 is 9.53 Å². The van der Waals surface area contributed by atoms with E-state index < -0.39 is 0 Å². The lowest BCUT2D eigenvalue weighted by Gasteiger charge is -2.24. The Hall–Kier alpha value is -0.730. The van der Waals surface area contributed by atoms with Crippen LogP contribution in [0, 0.1) is 11.3 Å². The van der Waals surface area contributed by atoms with E-state index in [0.29, 0.717) is 5.41 Å². The summed E-state index contributed by atoms with van der Waals surface area (Å²) in [7, 11) is 0. The van der Waals surface area contributed by atoms with Crippen molar-refractivity contribution in [1.82, 2.24) is 4.90 Å². The molecule has 2 atom stereocenters. The molecule has 15 heavy (non-hydrogen) atoms. The Labute approximate surface area is 91.8 Å². The van der Waals surface area contributed by atoms with Gasteiger partial charge in [0, 0.05) is 13.1 Å². The Bertz CT molecular complexity index is 282. The molecular weight excluding hydrogens is 190 g/mol. The van der Waals surface area contributed by atoms with Crippen molar-refractivity contribution in [1.29, 1.82) is 0 Å². The van der Waals surface area contributed by atoms with Crippen molar-refractivity contribution in [3.63, 3.8) is 0 Å². The molecule has 0 aromatic rings. The molecule has 1 saturated heterocycles. The fourth-order valence-electron chi connectivity index (χ4n) is 2.50. The van der Waals surface area contributed by atoms with Crippen LogP contribution in [0.15, 0.2) is 0 Å². The summed E-state index contributed by atoms with van der Waals surface area (Å²) in [5.41, 5.74) is 0.0822. The molecule has 0 bridgehead atoms. The molecule has 1 aliphatic carbocycles. The largest absolute Gasteiger partial charge is 0.444 e. The monoisotopic (exact) mass is 211 g/mol. The van der Waals surface area contributed by atoms with Gasteiger partial charge in [0.1, 0.15) is 5.60 Å². The van der Waals surface area contributed by atoms with Crippen LogP contribution in [0.4, 0.5) is 4.79 Å². The Morgan fingerprint density at radius 2 is 2.07 bits per heavy atom. The normalized spacial score (nSPS) is 34.7. The van der Waals surface area contributed by atoms with Crippen LogP contribution < -0.4 is 0 Å². The van der Waals surface area contributed by atoms with Gasteiger partial charge in [0.05, 0.1) is 0 Å². The Morgan fingerprint density at radius 3 is 2.47 bits per heavy atom. The molecule has 1 spiro atoms. The number of rotatable bonds is 0. The number of carbonyl (C=O) groups is 1. The maximum atomic E-state index is 11.8. The molecular formula is C12H21NO2. The van der Waals surface area contributed by atoms with Gasteiger partial charge in [-0.1, -0.05) is 6.92 Å². The smallest absolute Gasteiger partial charge is 0.410 e. The lowest BCUT2D eigenvalue weighted by Crippen LogP contribution is -2.35. The Kier molecular flexibility index (Phi) is 2.25. The third-order valence-electron chi connectivity index (χ3n) is 3.64. The number of nitrogens with zero attached hydrogens (tertiary/aromatic N) is 1. The zero-order chi connectivity index (χ0) is 11.3. The number of carbonyl (C=O) groups excluding carboxylic acids is 1. The Balaban J connectivity index is 1.89. The minimum absolute atomic E-state index is 0.140. The summed E-state index contributed by atoms with van der Waals surface area (Å²) < 4.78 is 5.36. The number of hydrogen-bond acceptors (Lipinski definition) is 2. The molecule has 2 aliphatic rings. The van der Waals surface area contributed by atoms with Crippen molar-refractivity contribution in [2.45, 2.75) is 46.1 Å². The third-order valence-corrected chi connectivity index (χ3v) is 3.64.